The zero-order chi connectivity index (χ0) is 12.5. The number of fused-ring (bicyclic) bond motifs is 1. The third-order valence-corrected chi connectivity index (χ3v) is 5.57. The molecular weight excluding hydrogens is 262 g/mol. The van der Waals surface area contributed by atoms with E-state index in [4.69, 9.17) is 10.7 Å². The first-order valence-corrected chi connectivity index (χ1v) is 8.00. The van der Waals surface area contributed by atoms with Crippen molar-refractivity contribution in [1.29, 1.82) is 0 Å². The zero-order valence-corrected chi connectivity index (χ0v) is 12.1. The summed E-state index contributed by atoms with van der Waals surface area (Å²) in [7, 11) is 0. The Bertz CT molecular complexity index is 523. The van der Waals surface area contributed by atoms with Crippen LogP contribution in [0.15, 0.2) is 11.4 Å². The molecule has 2 aromatic heterocycles. The maximum absolute atomic E-state index is 5.78. The molecule has 5 heteroatoms. The van der Waals surface area contributed by atoms with E-state index in [1.165, 1.54) is 21.0 Å². The van der Waals surface area contributed by atoms with E-state index < -0.39 is 0 Å². The number of aryl methyl sites for hydroxylation is 1. The van der Waals surface area contributed by atoms with Crippen molar-refractivity contribution in [2.24, 2.45) is 5.73 Å². The van der Waals surface area contributed by atoms with Gasteiger partial charge >= 0.3 is 0 Å². The largest absolute Gasteiger partial charge is 0.343 e. The highest BCUT2D eigenvalue weighted by atomic mass is 32.1. The molecule has 0 aliphatic carbocycles. The number of hydrogen-bond donors (Lipinski definition) is 1. The van der Waals surface area contributed by atoms with Crippen LogP contribution in [0, 0.1) is 0 Å². The molecule has 2 aromatic rings. The molecule has 96 valence electrons. The Kier molecular flexibility index (Phi) is 3.37. The maximum atomic E-state index is 5.78. The SMILES string of the molecule is CCc1nc(N2CCc3sccc3C2)sc1CN. The molecule has 0 radical (unpaired) electrons. The molecule has 0 unspecified atom stereocenters. The van der Waals surface area contributed by atoms with Crippen LogP contribution in [0.1, 0.15) is 27.9 Å². The Balaban J connectivity index is 1.86. The molecule has 1 aliphatic rings. The van der Waals surface area contributed by atoms with Gasteiger partial charge in [0.15, 0.2) is 5.13 Å². The average Bonchev–Trinajstić information content (AvgIpc) is 3.03. The summed E-state index contributed by atoms with van der Waals surface area (Å²) in [5.41, 5.74) is 8.42. The lowest BCUT2D eigenvalue weighted by Gasteiger charge is -2.26. The fourth-order valence-corrected chi connectivity index (χ4v) is 4.29. The number of rotatable bonds is 3. The van der Waals surface area contributed by atoms with Gasteiger partial charge in [-0.15, -0.1) is 22.7 Å². The van der Waals surface area contributed by atoms with Gasteiger partial charge < -0.3 is 10.6 Å². The van der Waals surface area contributed by atoms with E-state index in [2.05, 4.69) is 23.3 Å². The van der Waals surface area contributed by atoms with Crippen LogP contribution in [0.5, 0.6) is 0 Å². The number of aromatic nitrogens is 1. The summed E-state index contributed by atoms with van der Waals surface area (Å²) in [5, 5.41) is 3.34. The van der Waals surface area contributed by atoms with Crippen molar-refractivity contribution in [1.82, 2.24) is 4.98 Å². The maximum Gasteiger partial charge on any atom is 0.186 e. The Morgan fingerprint density at radius 2 is 2.39 bits per heavy atom. The highest BCUT2D eigenvalue weighted by Gasteiger charge is 2.20. The van der Waals surface area contributed by atoms with Gasteiger partial charge in [0.25, 0.3) is 0 Å². The van der Waals surface area contributed by atoms with Crippen molar-refractivity contribution in [3.8, 4) is 0 Å². The highest BCUT2D eigenvalue weighted by molar-refractivity contribution is 7.15. The van der Waals surface area contributed by atoms with E-state index in [-0.39, 0.29) is 0 Å². The Morgan fingerprint density at radius 3 is 3.11 bits per heavy atom. The molecule has 1 aliphatic heterocycles. The molecule has 18 heavy (non-hydrogen) atoms. The van der Waals surface area contributed by atoms with E-state index in [9.17, 15) is 0 Å². The number of anilines is 1. The van der Waals surface area contributed by atoms with Gasteiger partial charge in [-0.1, -0.05) is 6.92 Å². The summed E-state index contributed by atoms with van der Waals surface area (Å²) >= 11 is 3.64. The van der Waals surface area contributed by atoms with Crippen LogP contribution in [0.4, 0.5) is 5.13 Å². The van der Waals surface area contributed by atoms with Crippen molar-refractivity contribution in [3.05, 3.63) is 32.5 Å². The third-order valence-electron chi connectivity index (χ3n) is 3.37. The van der Waals surface area contributed by atoms with Crippen LogP contribution in [0.3, 0.4) is 0 Å². The lowest BCUT2D eigenvalue weighted by atomic mass is 10.1. The first kappa shape index (κ1) is 12.1. The fraction of sp³-hybridized carbons (Fsp3) is 0.462. The third kappa shape index (κ3) is 2.06. The minimum absolute atomic E-state index is 0.610. The molecule has 0 fully saturated rings. The lowest BCUT2D eigenvalue weighted by molar-refractivity contribution is 0.738. The van der Waals surface area contributed by atoms with Crippen LogP contribution in [-0.2, 0) is 25.9 Å². The van der Waals surface area contributed by atoms with E-state index in [0.29, 0.717) is 6.54 Å². The van der Waals surface area contributed by atoms with E-state index in [0.717, 1.165) is 31.1 Å². The number of hydrogen-bond acceptors (Lipinski definition) is 5. The summed E-state index contributed by atoms with van der Waals surface area (Å²) in [4.78, 5) is 9.91. The minimum Gasteiger partial charge on any atom is -0.343 e. The predicted molar refractivity (Wildman–Crippen MR) is 78.5 cm³/mol. The summed E-state index contributed by atoms with van der Waals surface area (Å²) in [5.74, 6) is 0. The van der Waals surface area contributed by atoms with Gasteiger partial charge in [0, 0.05) is 29.4 Å². The normalized spacial score (nSPS) is 14.9. The molecule has 0 saturated carbocycles. The standard InChI is InChI=1S/C13H17N3S2/c1-2-10-12(7-14)18-13(15-10)16-5-3-11-9(8-16)4-6-17-11/h4,6H,2-3,5,7-8,14H2,1H3. The predicted octanol–water partition coefficient (Wildman–Crippen LogP) is 2.79. The second-order valence-corrected chi connectivity index (χ2v) is 6.53. The van der Waals surface area contributed by atoms with Crippen molar-refractivity contribution in [2.75, 3.05) is 11.4 Å². The lowest BCUT2D eigenvalue weighted by Crippen LogP contribution is -2.29. The van der Waals surface area contributed by atoms with Crippen molar-refractivity contribution >= 4 is 27.8 Å². The van der Waals surface area contributed by atoms with Crippen molar-refractivity contribution in [2.45, 2.75) is 32.9 Å². The number of nitrogens with zero attached hydrogens (tertiary/aromatic N) is 2. The molecule has 0 amide bonds. The fourth-order valence-electron chi connectivity index (χ4n) is 2.35. The van der Waals surface area contributed by atoms with Gasteiger partial charge in [-0.05, 0) is 29.9 Å². The van der Waals surface area contributed by atoms with Gasteiger partial charge in [-0.2, -0.15) is 0 Å². The van der Waals surface area contributed by atoms with Crippen molar-refractivity contribution in [3.63, 3.8) is 0 Å². The molecule has 0 aromatic carbocycles. The van der Waals surface area contributed by atoms with Gasteiger partial charge in [-0.3, -0.25) is 0 Å². The van der Waals surface area contributed by atoms with Crippen LogP contribution in [0.25, 0.3) is 0 Å². The Hall–Kier alpha value is -0.910. The van der Waals surface area contributed by atoms with Gasteiger partial charge in [-0.25, -0.2) is 4.98 Å². The van der Waals surface area contributed by atoms with E-state index in [1.54, 1.807) is 11.3 Å². The van der Waals surface area contributed by atoms with Crippen LogP contribution in [-0.4, -0.2) is 11.5 Å². The molecule has 3 heterocycles. The summed E-state index contributed by atoms with van der Waals surface area (Å²) in [6, 6.07) is 2.24. The van der Waals surface area contributed by atoms with Crippen molar-refractivity contribution < 1.29 is 0 Å². The van der Waals surface area contributed by atoms with Crippen LogP contribution >= 0.6 is 22.7 Å². The van der Waals surface area contributed by atoms with Crippen LogP contribution < -0.4 is 10.6 Å². The number of thiazole rings is 1. The van der Waals surface area contributed by atoms with E-state index in [1.807, 2.05) is 11.3 Å². The molecule has 3 rings (SSSR count). The Morgan fingerprint density at radius 1 is 1.50 bits per heavy atom. The minimum atomic E-state index is 0.610. The quantitative estimate of drug-likeness (QED) is 0.939. The Labute approximate surface area is 115 Å². The average molecular weight is 279 g/mol. The summed E-state index contributed by atoms with van der Waals surface area (Å²) in [6.07, 6.45) is 2.12. The first-order chi connectivity index (χ1) is 8.81. The second-order valence-electron chi connectivity index (χ2n) is 4.46. The zero-order valence-electron chi connectivity index (χ0n) is 10.5. The van der Waals surface area contributed by atoms with Crippen LogP contribution in [0.2, 0.25) is 0 Å². The molecule has 0 saturated heterocycles. The molecule has 0 spiro atoms. The van der Waals surface area contributed by atoms with Gasteiger partial charge in [0.1, 0.15) is 0 Å². The van der Waals surface area contributed by atoms with Gasteiger partial charge in [0.05, 0.1) is 5.69 Å². The molecule has 0 atom stereocenters. The monoisotopic (exact) mass is 279 g/mol. The molecule has 2 N–H and O–H groups in total. The smallest absolute Gasteiger partial charge is 0.186 e. The topological polar surface area (TPSA) is 42.2 Å². The highest BCUT2D eigenvalue weighted by Crippen LogP contribution is 2.32. The first-order valence-electron chi connectivity index (χ1n) is 6.30. The number of nitrogens with two attached hydrogens (primary N) is 1. The summed E-state index contributed by atoms with van der Waals surface area (Å²) in [6.45, 7) is 4.83. The molecular formula is C13H17N3S2. The second kappa shape index (κ2) is 4.99. The molecule has 0 bridgehead atoms. The van der Waals surface area contributed by atoms with E-state index >= 15 is 0 Å². The summed E-state index contributed by atoms with van der Waals surface area (Å²) < 4.78 is 0. The van der Waals surface area contributed by atoms with Gasteiger partial charge in [0.2, 0.25) is 0 Å². The molecule has 3 nitrogen and oxygen atoms in total. The number of thiophene rings is 1.